The van der Waals surface area contributed by atoms with Gasteiger partial charge < -0.3 is 10.5 Å². The van der Waals surface area contributed by atoms with Gasteiger partial charge in [0.05, 0.1) is 13.3 Å². The molecule has 1 aromatic heterocycles. The van der Waals surface area contributed by atoms with E-state index in [2.05, 4.69) is 5.10 Å². The van der Waals surface area contributed by atoms with Gasteiger partial charge in [-0.3, -0.25) is 0 Å². The molecule has 0 aliphatic carbocycles. The van der Waals surface area contributed by atoms with Crippen molar-refractivity contribution < 1.29 is 17.9 Å². The maximum Gasteiger partial charge on any atom is 0.240 e. The number of hydrogen-bond donors (Lipinski definition) is 1. The number of methoxy groups -OCH3 is 1. The summed E-state index contributed by atoms with van der Waals surface area (Å²) in [5.74, 6) is -3.22. The molecule has 17 heavy (non-hydrogen) atoms. The Labute approximate surface area is 94.4 Å². The predicted octanol–water partition coefficient (Wildman–Crippen LogP) is 1.88. The molecule has 0 atom stereocenters. The Kier molecular flexibility index (Phi) is 2.66. The van der Waals surface area contributed by atoms with E-state index < -0.39 is 23.1 Å². The second kappa shape index (κ2) is 4.00. The molecule has 1 aromatic carbocycles. The van der Waals surface area contributed by atoms with Crippen LogP contribution >= 0.6 is 0 Å². The van der Waals surface area contributed by atoms with Crippen LogP contribution in [0.3, 0.4) is 0 Å². The standard InChI is InChI=1S/C10H8F3N3O/c1-17-10-8(14)4-15-16(10)9-6(12)2-5(11)3-7(9)13/h2-4H,14H2,1H3. The monoisotopic (exact) mass is 243 g/mol. The van der Waals surface area contributed by atoms with Gasteiger partial charge in [0.1, 0.15) is 17.2 Å². The Bertz CT molecular complexity index is 545. The van der Waals surface area contributed by atoms with E-state index in [0.717, 1.165) is 4.68 Å². The molecule has 0 aliphatic heterocycles. The van der Waals surface area contributed by atoms with Gasteiger partial charge in [0.25, 0.3) is 0 Å². The van der Waals surface area contributed by atoms with Crippen molar-refractivity contribution in [3.63, 3.8) is 0 Å². The van der Waals surface area contributed by atoms with Crippen molar-refractivity contribution in [1.29, 1.82) is 0 Å². The molecule has 90 valence electrons. The van der Waals surface area contributed by atoms with Crippen LogP contribution in [-0.4, -0.2) is 16.9 Å². The van der Waals surface area contributed by atoms with Gasteiger partial charge in [-0.15, -0.1) is 0 Å². The lowest BCUT2D eigenvalue weighted by molar-refractivity contribution is 0.380. The summed E-state index contributed by atoms with van der Waals surface area (Å²) in [5.41, 5.74) is 5.07. The molecule has 2 aromatic rings. The second-order valence-corrected chi connectivity index (χ2v) is 3.24. The first kappa shape index (κ1) is 11.3. The van der Waals surface area contributed by atoms with Gasteiger partial charge in [0, 0.05) is 12.1 Å². The number of halogens is 3. The van der Waals surface area contributed by atoms with E-state index in [0.29, 0.717) is 12.1 Å². The first-order valence-electron chi connectivity index (χ1n) is 4.57. The fourth-order valence-corrected chi connectivity index (χ4v) is 1.45. The van der Waals surface area contributed by atoms with Crippen LogP contribution < -0.4 is 10.5 Å². The van der Waals surface area contributed by atoms with Gasteiger partial charge in [0.2, 0.25) is 5.88 Å². The molecule has 4 nitrogen and oxygen atoms in total. The molecule has 0 saturated carbocycles. The highest BCUT2D eigenvalue weighted by Crippen LogP contribution is 2.27. The van der Waals surface area contributed by atoms with Gasteiger partial charge in [-0.25, -0.2) is 13.2 Å². The third kappa shape index (κ3) is 1.79. The molecule has 0 radical (unpaired) electrons. The van der Waals surface area contributed by atoms with Crippen molar-refractivity contribution in [2.24, 2.45) is 0 Å². The summed E-state index contributed by atoms with van der Waals surface area (Å²) in [6, 6.07) is 1.10. The lowest BCUT2D eigenvalue weighted by Gasteiger charge is -2.08. The smallest absolute Gasteiger partial charge is 0.240 e. The summed E-state index contributed by atoms with van der Waals surface area (Å²) in [6.07, 6.45) is 1.18. The largest absolute Gasteiger partial charge is 0.479 e. The van der Waals surface area contributed by atoms with E-state index in [1.54, 1.807) is 0 Å². The SMILES string of the molecule is COc1c(N)cnn1-c1c(F)cc(F)cc1F. The second-order valence-electron chi connectivity index (χ2n) is 3.24. The van der Waals surface area contributed by atoms with E-state index in [4.69, 9.17) is 10.5 Å². The van der Waals surface area contributed by atoms with Crippen LogP contribution in [-0.2, 0) is 0 Å². The normalized spacial score (nSPS) is 10.6. The topological polar surface area (TPSA) is 53.1 Å². The van der Waals surface area contributed by atoms with E-state index in [9.17, 15) is 13.2 Å². The maximum atomic E-state index is 13.5. The number of nitrogen functional groups attached to an aromatic ring is 1. The molecular weight excluding hydrogens is 235 g/mol. The van der Waals surface area contributed by atoms with E-state index in [-0.39, 0.29) is 11.6 Å². The number of ether oxygens (including phenoxy) is 1. The molecule has 0 amide bonds. The van der Waals surface area contributed by atoms with Crippen molar-refractivity contribution in [3.8, 4) is 11.6 Å². The number of hydrogen-bond acceptors (Lipinski definition) is 3. The minimum absolute atomic E-state index is 0.0191. The predicted molar refractivity (Wildman–Crippen MR) is 54.4 cm³/mol. The third-order valence-electron chi connectivity index (χ3n) is 2.14. The van der Waals surface area contributed by atoms with Gasteiger partial charge in [-0.05, 0) is 0 Å². The molecule has 0 unspecified atom stereocenters. The fourth-order valence-electron chi connectivity index (χ4n) is 1.45. The Hall–Kier alpha value is -2.18. The van der Waals surface area contributed by atoms with Crippen LogP contribution in [0.15, 0.2) is 18.3 Å². The summed E-state index contributed by atoms with van der Waals surface area (Å²) in [6.45, 7) is 0. The quantitative estimate of drug-likeness (QED) is 0.876. The van der Waals surface area contributed by atoms with E-state index in [1.807, 2.05) is 0 Å². The van der Waals surface area contributed by atoms with Gasteiger partial charge in [0.15, 0.2) is 11.6 Å². The fraction of sp³-hybridized carbons (Fsp3) is 0.100. The first-order valence-corrected chi connectivity index (χ1v) is 4.57. The average molecular weight is 243 g/mol. The first-order chi connectivity index (χ1) is 8.04. The van der Waals surface area contributed by atoms with E-state index >= 15 is 0 Å². The highest BCUT2D eigenvalue weighted by atomic mass is 19.1. The molecule has 2 N–H and O–H groups in total. The molecular formula is C10H8F3N3O. The summed E-state index contributed by atoms with van der Waals surface area (Å²) < 4.78 is 45.4. The maximum absolute atomic E-state index is 13.5. The molecule has 0 bridgehead atoms. The van der Waals surface area contributed by atoms with Crippen LogP contribution in [0.2, 0.25) is 0 Å². The molecule has 7 heteroatoms. The Morgan fingerprint density at radius 2 is 1.82 bits per heavy atom. The van der Waals surface area contributed by atoms with Crippen molar-refractivity contribution in [2.75, 3.05) is 12.8 Å². The lowest BCUT2D eigenvalue weighted by Crippen LogP contribution is -2.06. The zero-order valence-corrected chi connectivity index (χ0v) is 8.75. The summed E-state index contributed by atoms with van der Waals surface area (Å²) >= 11 is 0. The highest BCUT2D eigenvalue weighted by Gasteiger charge is 2.19. The van der Waals surface area contributed by atoms with Gasteiger partial charge in [-0.1, -0.05) is 0 Å². The highest BCUT2D eigenvalue weighted by molar-refractivity contribution is 5.51. The number of benzene rings is 1. The molecule has 0 spiro atoms. The molecule has 2 rings (SSSR count). The molecule has 1 heterocycles. The van der Waals surface area contributed by atoms with Crippen molar-refractivity contribution in [2.45, 2.75) is 0 Å². The average Bonchev–Trinajstić information content (AvgIpc) is 2.58. The third-order valence-corrected chi connectivity index (χ3v) is 2.14. The van der Waals surface area contributed by atoms with Crippen LogP contribution in [0.1, 0.15) is 0 Å². The number of anilines is 1. The van der Waals surface area contributed by atoms with Crippen LogP contribution in [0.4, 0.5) is 18.9 Å². The number of nitrogens with zero attached hydrogens (tertiary/aromatic N) is 2. The van der Waals surface area contributed by atoms with Gasteiger partial charge in [-0.2, -0.15) is 9.78 Å². The van der Waals surface area contributed by atoms with Crippen LogP contribution in [0.5, 0.6) is 5.88 Å². The Morgan fingerprint density at radius 3 is 2.35 bits per heavy atom. The lowest BCUT2D eigenvalue weighted by atomic mass is 10.3. The van der Waals surface area contributed by atoms with Crippen LogP contribution in [0, 0.1) is 17.5 Å². The van der Waals surface area contributed by atoms with E-state index in [1.165, 1.54) is 13.3 Å². The van der Waals surface area contributed by atoms with Crippen molar-refractivity contribution in [3.05, 3.63) is 35.8 Å². The zero-order chi connectivity index (χ0) is 12.6. The number of nitrogens with two attached hydrogens (primary N) is 1. The minimum Gasteiger partial charge on any atom is -0.479 e. The van der Waals surface area contributed by atoms with Crippen LogP contribution in [0.25, 0.3) is 5.69 Å². The summed E-state index contributed by atoms with van der Waals surface area (Å²) in [7, 11) is 1.28. The Balaban J connectivity index is 2.68. The summed E-state index contributed by atoms with van der Waals surface area (Å²) in [4.78, 5) is 0. The Morgan fingerprint density at radius 1 is 1.24 bits per heavy atom. The van der Waals surface area contributed by atoms with Crippen molar-refractivity contribution >= 4 is 5.69 Å². The van der Waals surface area contributed by atoms with Crippen molar-refractivity contribution in [1.82, 2.24) is 9.78 Å². The van der Waals surface area contributed by atoms with Gasteiger partial charge >= 0.3 is 0 Å². The molecule has 0 fully saturated rings. The molecule has 0 aliphatic rings. The summed E-state index contributed by atoms with van der Waals surface area (Å²) in [5, 5.41) is 3.67. The minimum atomic E-state index is -1.09. The zero-order valence-electron chi connectivity index (χ0n) is 8.75. The number of rotatable bonds is 2. The molecule has 0 saturated heterocycles. The number of aromatic nitrogens is 2.